The van der Waals surface area contributed by atoms with E-state index in [0.717, 1.165) is 6.42 Å². The standard InChI is InChI=1S/C43H70O22/c1-18-11-42-9-5-24-40(2,7-4-8-41(24,3)39(58)59-16-20(49)26(50)19(48)12-44)25(42)6-10-43(18,17-42)65-38-35(64-37-33(57)31(55)28(52)22(14-46)61-37)34(29(53)23(15-47)62-38)63-36-32(56)30(54)27(51)21(13-45)60-36/h19-38,44-57H,1,4-17H2,2-3H3/t19-,20+,21+,22+,23+,24-,25-,26+,27+,28+,29+,30-,31-,32+,33+,34-,35+,36-,37-,38-,40+,41+,42+,43-/m0/s1. The van der Waals surface area contributed by atoms with Gasteiger partial charge in [-0.1, -0.05) is 19.9 Å². The maximum Gasteiger partial charge on any atom is 0.312 e. The highest BCUT2D eigenvalue weighted by atomic mass is 16.8. The van der Waals surface area contributed by atoms with Crippen molar-refractivity contribution >= 4 is 5.97 Å². The van der Waals surface area contributed by atoms with Crippen molar-refractivity contribution in [3.63, 3.8) is 0 Å². The molecule has 3 aliphatic heterocycles. The number of carbonyl (C=O) groups is 1. The Morgan fingerprint density at radius 2 is 1.22 bits per heavy atom. The van der Waals surface area contributed by atoms with E-state index in [-0.39, 0.29) is 22.7 Å². The largest absolute Gasteiger partial charge is 0.462 e. The monoisotopic (exact) mass is 938 g/mol. The van der Waals surface area contributed by atoms with Crippen LogP contribution in [0.5, 0.6) is 0 Å². The van der Waals surface area contributed by atoms with E-state index in [9.17, 15) is 76.3 Å². The second kappa shape index (κ2) is 19.7. The third kappa shape index (κ3) is 8.96. The zero-order valence-corrected chi connectivity index (χ0v) is 36.7. The van der Waals surface area contributed by atoms with Crippen LogP contribution in [0, 0.1) is 28.1 Å². The molecular weight excluding hydrogens is 868 g/mol. The summed E-state index contributed by atoms with van der Waals surface area (Å²) in [7, 11) is 0. The Hall–Kier alpha value is -1.59. The quantitative estimate of drug-likeness (QED) is 0.0416. The van der Waals surface area contributed by atoms with E-state index in [1.54, 1.807) is 0 Å². The van der Waals surface area contributed by atoms with Crippen molar-refractivity contribution in [3.8, 4) is 0 Å². The van der Waals surface area contributed by atoms with Crippen LogP contribution in [-0.2, 0) is 38.0 Å². The molecule has 24 atom stereocenters. The zero-order valence-electron chi connectivity index (χ0n) is 36.7. The van der Waals surface area contributed by atoms with Crippen molar-refractivity contribution in [3.05, 3.63) is 12.2 Å². The first kappa shape index (κ1) is 51.3. The molecule has 374 valence electrons. The van der Waals surface area contributed by atoms with Gasteiger partial charge in [0.15, 0.2) is 18.9 Å². The van der Waals surface area contributed by atoms with Crippen LogP contribution in [0.1, 0.15) is 71.6 Å². The van der Waals surface area contributed by atoms with Crippen LogP contribution in [0.15, 0.2) is 12.2 Å². The van der Waals surface area contributed by atoms with Gasteiger partial charge in [0.05, 0.1) is 37.4 Å². The van der Waals surface area contributed by atoms with E-state index < -0.39 is 160 Å². The van der Waals surface area contributed by atoms with Crippen LogP contribution in [0.4, 0.5) is 0 Å². The SMILES string of the molecule is C=C1C[C@@]23CC[C@H]4[C@@](C)(CCC[C@@]4(C)C(=O)OC[C@@H](O)[C@H](O)[C@@H](O)CO)[C@@H]2CC[C@]1(O[C@@H]1O[C@H](CO)[C@@H](O)[C@H](O[C@@H]2O[C@H](CO)[C@@H](O)[C@H](O)[C@H]2O)[C@H]1O[C@@H]1O[C@H](CO)[C@@H](O)[C@H](O)[C@H]1O)C3. The zero-order chi connectivity index (χ0) is 47.6. The van der Waals surface area contributed by atoms with Gasteiger partial charge < -0.3 is 105 Å². The summed E-state index contributed by atoms with van der Waals surface area (Å²) in [6.07, 6.45) is -25.7. The number of ether oxygens (including phenoxy) is 7. The Morgan fingerprint density at radius 3 is 1.78 bits per heavy atom. The first-order chi connectivity index (χ1) is 30.6. The number of esters is 1. The summed E-state index contributed by atoms with van der Waals surface area (Å²) in [6, 6.07) is 0. The molecule has 3 saturated heterocycles. The average molecular weight is 939 g/mol. The first-order valence-electron chi connectivity index (χ1n) is 22.7. The molecule has 65 heavy (non-hydrogen) atoms. The Labute approximate surface area is 375 Å². The van der Waals surface area contributed by atoms with Gasteiger partial charge >= 0.3 is 5.97 Å². The lowest BCUT2D eigenvalue weighted by Gasteiger charge is -2.64. The number of hydrogen-bond donors (Lipinski definition) is 14. The number of carbonyl (C=O) groups excluding carboxylic acids is 1. The summed E-state index contributed by atoms with van der Waals surface area (Å²) in [5, 5.41) is 146. The molecular formula is C43H70O22. The maximum absolute atomic E-state index is 13.9. The van der Waals surface area contributed by atoms with E-state index >= 15 is 0 Å². The van der Waals surface area contributed by atoms with Crippen LogP contribution in [0.3, 0.4) is 0 Å². The Morgan fingerprint density at radius 1 is 0.677 bits per heavy atom. The molecule has 22 heteroatoms. The van der Waals surface area contributed by atoms with Gasteiger partial charge in [-0.05, 0) is 86.5 Å². The molecule has 0 unspecified atom stereocenters. The number of fused-ring (bicyclic) bond motifs is 3. The van der Waals surface area contributed by atoms with E-state index in [1.165, 1.54) is 0 Å². The lowest BCUT2D eigenvalue weighted by atomic mass is 9.41. The molecule has 7 fully saturated rings. The third-order valence-electron chi connectivity index (χ3n) is 16.4. The predicted octanol–water partition coefficient (Wildman–Crippen LogP) is -4.84. The van der Waals surface area contributed by atoms with Crippen molar-refractivity contribution in [2.24, 2.45) is 28.1 Å². The van der Waals surface area contributed by atoms with Gasteiger partial charge in [-0.25, -0.2) is 0 Å². The lowest BCUT2D eigenvalue weighted by Crippen LogP contribution is -2.68. The number of aliphatic hydroxyl groups is 14. The van der Waals surface area contributed by atoms with E-state index in [4.69, 9.17) is 33.2 Å². The third-order valence-corrected chi connectivity index (χ3v) is 16.4. The van der Waals surface area contributed by atoms with Crippen molar-refractivity contribution in [2.45, 2.75) is 188 Å². The minimum absolute atomic E-state index is 0.0620. The van der Waals surface area contributed by atoms with E-state index in [2.05, 4.69) is 13.5 Å². The van der Waals surface area contributed by atoms with Gasteiger partial charge in [0, 0.05) is 0 Å². The smallest absolute Gasteiger partial charge is 0.312 e. The van der Waals surface area contributed by atoms with E-state index in [0.29, 0.717) is 56.9 Å². The molecule has 0 aromatic heterocycles. The van der Waals surface area contributed by atoms with Gasteiger partial charge in [0.25, 0.3) is 0 Å². The number of aliphatic hydroxyl groups excluding tert-OH is 14. The summed E-state index contributed by atoms with van der Waals surface area (Å²) in [5.74, 6) is -0.601. The molecule has 0 radical (unpaired) electrons. The molecule has 22 nitrogen and oxygen atoms in total. The highest BCUT2D eigenvalue weighted by molar-refractivity contribution is 5.77. The molecule has 4 saturated carbocycles. The Bertz CT molecular complexity index is 1660. The molecule has 0 amide bonds. The molecule has 7 rings (SSSR count). The van der Waals surface area contributed by atoms with Crippen LogP contribution in [-0.4, -0.2) is 227 Å². The fraction of sp³-hybridized carbons (Fsp3) is 0.930. The summed E-state index contributed by atoms with van der Waals surface area (Å²) >= 11 is 0. The van der Waals surface area contributed by atoms with Crippen LogP contribution >= 0.6 is 0 Å². The Kier molecular flexibility index (Phi) is 15.5. The molecule has 14 N–H and O–H groups in total. The van der Waals surface area contributed by atoms with E-state index in [1.807, 2.05) is 6.92 Å². The first-order valence-corrected chi connectivity index (χ1v) is 22.7. The van der Waals surface area contributed by atoms with Crippen molar-refractivity contribution in [2.75, 3.05) is 33.0 Å². The van der Waals surface area contributed by atoms with Crippen molar-refractivity contribution < 1.29 is 109 Å². The van der Waals surface area contributed by atoms with Crippen LogP contribution in [0.25, 0.3) is 0 Å². The molecule has 1 spiro atoms. The van der Waals surface area contributed by atoms with Crippen molar-refractivity contribution in [1.82, 2.24) is 0 Å². The van der Waals surface area contributed by atoms with Gasteiger partial charge in [-0.3, -0.25) is 4.79 Å². The maximum atomic E-state index is 13.9. The molecule has 2 bridgehead atoms. The topological polar surface area (TPSA) is 365 Å². The summed E-state index contributed by atoms with van der Waals surface area (Å²) in [5.41, 5.74) is -2.11. The molecule has 3 heterocycles. The molecule has 4 aliphatic carbocycles. The van der Waals surface area contributed by atoms with Crippen LogP contribution < -0.4 is 0 Å². The second-order valence-corrected chi connectivity index (χ2v) is 20.1. The fourth-order valence-electron chi connectivity index (χ4n) is 12.9. The summed E-state index contributed by atoms with van der Waals surface area (Å²) < 4.78 is 42.4. The molecule has 0 aromatic carbocycles. The van der Waals surface area contributed by atoms with Gasteiger partial charge in [-0.15, -0.1) is 0 Å². The molecule has 7 aliphatic rings. The molecule has 0 aromatic rings. The van der Waals surface area contributed by atoms with Gasteiger partial charge in [-0.2, -0.15) is 0 Å². The summed E-state index contributed by atoms with van der Waals surface area (Å²) in [4.78, 5) is 13.9. The predicted molar refractivity (Wildman–Crippen MR) is 215 cm³/mol. The minimum atomic E-state index is -1.95. The average Bonchev–Trinajstić information content (AvgIpc) is 3.48. The Balaban J connectivity index is 1.16. The summed E-state index contributed by atoms with van der Waals surface area (Å²) in [6.45, 7) is 4.79. The fourth-order valence-corrected chi connectivity index (χ4v) is 12.9. The highest BCUT2D eigenvalue weighted by Gasteiger charge is 2.69. The minimum Gasteiger partial charge on any atom is -0.462 e. The van der Waals surface area contributed by atoms with Crippen molar-refractivity contribution in [1.29, 1.82) is 0 Å². The number of rotatable bonds is 15. The number of hydrogen-bond acceptors (Lipinski definition) is 22. The second-order valence-electron chi connectivity index (χ2n) is 20.1. The van der Waals surface area contributed by atoms with Gasteiger partial charge in [0.2, 0.25) is 0 Å². The lowest BCUT2D eigenvalue weighted by molar-refractivity contribution is -0.400. The normalized spacial score (nSPS) is 50.2. The van der Waals surface area contributed by atoms with Crippen LogP contribution in [0.2, 0.25) is 0 Å². The highest BCUT2D eigenvalue weighted by Crippen LogP contribution is 2.73. The van der Waals surface area contributed by atoms with Gasteiger partial charge in [0.1, 0.15) is 98.2 Å².